The zero-order valence-electron chi connectivity index (χ0n) is 36.8. The molecule has 6 rings (SSSR count). The summed E-state index contributed by atoms with van der Waals surface area (Å²) in [5.41, 5.74) is 9.02. The first-order chi connectivity index (χ1) is 31.9. The molecular formula is C57H53BrN8. The zero-order chi connectivity index (χ0) is 46.2. The fourth-order valence-electron chi connectivity index (χ4n) is 5.53. The molecule has 0 aliphatic heterocycles. The Morgan fingerprint density at radius 1 is 0.515 bits per heavy atom. The summed E-state index contributed by atoms with van der Waals surface area (Å²) >= 11 is 3.16. The minimum atomic E-state index is 0. The first kappa shape index (κ1) is 52.4. The van der Waals surface area contributed by atoms with Gasteiger partial charge in [0.15, 0.2) is 0 Å². The van der Waals surface area contributed by atoms with Gasteiger partial charge in [0.1, 0.15) is 10.3 Å². The van der Waals surface area contributed by atoms with Crippen LogP contribution in [-0.2, 0) is 12.8 Å². The van der Waals surface area contributed by atoms with Gasteiger partial charge in [-0.3, -0.25) is 29.9 Å². The van der Waals surface area contributed by atoms with Crippen molar-refractivity contribution in [2.75, 3.05) is 0 Å². The van der Waals surface area contributed by atoms with Crippen LogP contribution in [0.2, 0.25) is 0 Å². The highest BCUT2D eigenvalue weighted by molar-refractivity contribution is 9.10. The predicted molar refractivity (Wildman–Crippen MR) is 274 cm³/mol. The minimum absolute atomic E-state index is 0. The van der Waals surface area contributed by atoms with Crippen molar-refractivity contribution in [3.05, 3.63) is 200 Å². The Kier molecular flexibility index (Phi) is 25.3. The Labute approximate surface area is 401 Å². The standard InChI is InChI=1S/C28H24N4.C22H22N2.C6H3BrN2.CH4/c1-3-4-5-6-10-25-15-12-23(20-30-25)9-7-8-11-26-16-13-24(21-31-26)14-17-27-18-19-28(29-2)22-32-27;1-3-5-6-7-11-21-16-14-20(18-24-21)10-8-9-12-22-15-13-19(4-2)17-23-22;1-8-5-2-3-6(7)9-4-5;/h8,11-13,15-16,18-22H,3-6,10H2,1H3;2,9,12-18H,3,5-7,11H2,1H3;2-4H;1H4/b11-8+;12-9+;;. The van der Waals surface area contributed by atoms with Crippen LogP contribution >= 0.6 is 15.9 Å². The van der Waals surface area contributed by atoms with E-state index in [1.807, 2.05) is 60.9 Å². The molecule has 0 saturated heterocycles. The third-order valence-corrected chi connectivity index (χ3v) is 9.59. The summed E-state index contributed by atoms with van der Waals surface area (Å²) in [4.78, 5) is 32.1. The highest BCUT2D eigenvalue weighted by Crippen LogP contribution is 2.13. The number of unbranched alkanes of at least 4 members (excludes halogenated alkanes) is 6. The average molecular weight is 930 g/mol. The summed E-state index contributed by atoms with van der Waals surface area (Å²) < 4.78 is 0.759. The molecule has 0 atom stereocenters. The van der Waals surface area contributed by atoms with Crippen LogP contribution in [0.5, 0.6) is 0 Å². The van der Waals surface area contributed by atoms with Gasteiger partial charge >= 0.3 is 0 Å². The van der Waals surface area contributed by atoms with Crippen molar-refractivity contribution in [2.45, 2.75) is 85.5 Å². The Hall–Kier alpha value is -7.92. The molecule has 0 spiro atoms. The van der Waals surface area contributed by atoms with Crippen LogP contribution in [0.25, 0.3) is 21.8 Å². The van der Waals surface area contributed by atoms with Gasteiger partial charge in [-0.05, 0) is 133 Å². The quantitative estimate of drug-likeness (QED) is 0.0526. The van der Waals surface area contributed by atoms with Crippen LogP contribution < -0.4 is 0 Å². The first-order valence-corrected chi connectivity index (χ1v) is 22.2. The second-order valence-corrected chi connectivity index (χ2v) is 15.0. The monoisotopic (exact) mass is 928 g/mol. The van der Waals surface area contributed by atoms with Crippen molar-refractivity contribution < 1.29 is 0 Å². The largest absolute Gasteiger partial charge is 0.261 e. The molecule has 0 radical (unpaired) electrons. The van der Waals surface area contributed by atoms with Crippen LogP contribution in [0.4, 0.5) is 11.4 Å². The summed E-state index contributed by atoms with van der Waals surface area (Å²) in [7, 11) is 0. The number of halogens is 1. The van der Waals surface area contributed by atoms with Crippen LogP contribution in [0.1, 0.15) is 123 Å². The summed E-state index contributed by atoms with van der Waals surface area (Å²) in [6.45, 7) is 18.0. The van der Waals surface area contributed by atoms with Gasteiger partial charge in [0.2, 0.25) is 11.4 Å². The smallest absolute Gasteiger partial charge is 0.205 e. The molecule has 0 saturated carbocycles. The van der Waals surface area contributed by atoms with Crippen molar-refractivity contribution in [3.63, 3.8) is 0 Å². The fourth-order valence-corrected chi connectivity index (χ4v) is 5.76. The second kappa shape index (κ2) is 31.8. The lowest BCUT2D eigenvalue weighted by atomic mass is 10.1. The molecule has 9 heteroatoms. The van der Waals surface area contributed by atoms with Gasteiger partial charge in [-0.25, -0.2) is 9.69 Å². The Morgan fingerprint density at radius 2 is 1.00 bits per heavy atom. The molecular weight excluding hydrogens is 877 g/mol. The summed E-state index contributed by atoms with van der Waals surface area (Å²) in [6, 6.07) is 22.6. The fraction of sp³-hybridized carbons (Fsp3) is 0.228. The van der Waals surface area contributed by atoms with Crippen LogP contribution in [-0.4, -0.2) is 29.9 Å². The number of aromatic nitrogens is 6. The minimum Gasteiger partial charge on any atom is -0.261 e. The molecule has 6 heterocycles. The molecule has 0 amide bonds. The van der Waals surface area contributed by atoms with E-state index in [0.717, 1.165) is 62.5 Å². The summed E-state index contributed by atoms with van der Waals surface area (Å²) in [5.74, 6) is 20.8. The normalized spacial score (nSPS) is 9.70. The first-order valence-electron chi connectivity index (χ1n) is 21.4. The van der Waals surface area contributed by atoms with Crippen molar-refractivity contribution >= 4 is 39.5 Å². The molecule has 0 aliphatic rings. The van der Waals surface area contributed by atoms with Crippen molar-refractivity contribution in [3.8, 4) is 47.9 Å². The molecule has 0 aliphatic carbocycles. The van der Waals surface area contributed by atoms with E-state index in [9.17, 15) is 0 Å². The van der Waals surface area contributed by atoms with E-state index in [-0.39, 0.29) is 7.43 Å². The van der Waals surface area contributed by atoms with Gasteiger partial charge in [0.25, 0.3) is 0 Å². The number of hydrogen-bond donors (Lipinski definition) is 0. The van der Waals surface area contributed by atoms with Gasteiger partial charge < -0.3 is 0 Å². The Balaban J connectivity index is 0.000000298. The van der Waals surface area contributed by atoms with E-state index >= 15 is 0 Å². The molecule has 6 aromatic rings. The molecule has 6 aromatic heterocycles. The number of aryl methyl sites for hydroxylation is 2. The van der Waals surface area contributed by atoms with E-state index in [1.165, 1.54) is 63.8 Å². The molecule has 0 N–H and O–H groups in total. The molecule has 0 unspecified atom stereocenters. The van der Waals surface area contributed by atoms with Gasteiger partial charge in [-0.2, -0.15) is 0 Å². The molecule has 0 fully saturated rings. The SMILES string of the molecule is C.C#Cc1ccc(/C=C/C#Cc2ccc(CCCCCC)nc2)nc1.[C-]#[N+]c1ccc(Br)nc1.[C-]#[N+]c1ccc(C#Cc2ccc(/C=C/C#Cc3ccc(CCCCCC)nc3)nc2)nc1. The number of rotatable bonds is 12. The van der Waals surface area contributed by atoms with E-state index < -0.39 is 0 Å². The van der Waals surface area contributed by atoms with E-state index in [2.05, 4.69) is 123 Å². The number of hydrogen-bond acceptors (Lipinski definition) is 6. The van der Waals surface area contributed by atoms with Crippen LogP contribution in [0.3, 0.4) is 0 Å². The Morgan fingerprint density at radius 3 is 1.41 bits per heavy atom. The highest BCUT2D eigenvalue weighted by Gasteiger charge is 1.98. The molecule has 328 valence electrons. The van der Waals surface area contributed by atoms with Crippen molar-refractivity contribution in [2.24, 2.45) is 0 Å². The lowest BCUT2D eigenvalue weighted by Crippen LogP contribution is -1.90. The van der Waals surface area contributed by atoms with Gasteiger partial charge in [-0.15, -0.1) is 6.42 Å². The molecule has 8 nitrogen and oxygen atoms in total. The number of allylic oxidation sites excluding steroid dienone is 2. The number of nitrogens with zero attached hydrogens (tertiary/aromatic N) is 8. The second-order valence-electron chi connectivity index (χ2n) is 14.2. The number of pyridine rings is 6. The number of terminal acetylenes is 1. The zero-order valence-corrected chi connectivity index (χ0v) is 38.4. The van der Waals surface area contributed by atoms with Gasteiger partial charge in [0, 0.05) is 70.8 Å². The van der Waals surface area contributed by atoms with Crippen LogP contribution in [0, 0.1) is 61.0 Å². The lowest BCUT2D eigenvalue weighted by Gasteiger charge is -2.00. The molecule has 0 aromatic carbocycles. The molecule has 66 heavy (non-hydrogen) atoms. The van der Waals surface area contributed by atoms with Gasteiger partial charge in [-0.1, -0.05) is 107 Å². The van der Waals surface area contributed by atoms with Crippen molar-refractivity contribution in [1.82, 2.24) is 29.9 Å². The van der Waals surface area contributed by atoms with Crippen LogP contribution in [0.15, 0.2) is 127 Å². The topological polar surface area (TPSA) is 86.1 Å². The van der Waals surface area contributed by atoms with Gasteiger partial charge in [0.05, 0.1) is 24.5 Å². The highest BCUT2D eigenvalue weighted by atomic mass is 79.9. The summed E-state index contributed by atoms with van der Waals surface area (Å²) in [5, 5.41) is 0. The van der Waals surface area contributed by atoms with E-state index in [0.29, 0.717) is 17.1 Å². The Bertz CT molecular complexity index is 2740. The predicted octanol–water partition coefficient (Wildman–Crippen LogP) is 13.7. The lowest BCUT2D eigenvalue weighted by molar-refractivity contribution is 0.660. The maximum absolute atomic E-state index is 6.94. The third-order valence-electron chi connectivity index (χ3n) is 9.12. The molecule has 0 bridgehead atoms. The average Bonchev–Trinajstić information content (AvgIpc) is 3.36. The maximum Gasteiger partial charge on any atom is 0.205 e. The van der Waals surface area contributed by atoms with Crippen molar-refractivity contribution in [1.29, 1.82) is 0 Å². The third kappa shape index (κ3) is 21.4. The van der Waals surface area contributed by atoms with E-state index in [4.69, 9.17) is 19.6 Å². The summed E-state index contributed by atoms with van der Waals surface area (Å²) in [6.07, 6.45) is 34.9. The maximum atomic E-state index is 6.94. The van der Waals surface area contributed by atoms with E-state index in [1.54, 1.807) is 48.8 Å².